The molecule has 6 nitrogen and oxygen atoms in total. The van der Waals surface area contributed by atoms with Gasteiger partial charge in [0.1, 0.15) is 5.60 Å². The van der Waals surface area contributed by atoms with E-state index < -0.39 is 40.9 Å². The van der Waals surface area contributed by atoms with Gasteiger partial charge in [0.25, 0.3) is 0 Å². The number of hydrogen-bond acceptors (Lipinski definition) is 6. The number of rotatable bonds is 3. The molecule has 30 heavy (non-hydrogen) atoms. The molecular formula is C24H30O6. The van der Waals surface area contributed by atoms with E-state index in [9.17, 15) is 24.6 Å². The van der Waals surface area contributed by atoms with Crippen LogP contribution in [0.1, 0.15) is 40.5 Å². The highest BCUT2D eigenvalue weighted by Gasteiger charge is 2.70. The number of fused-ring (bicyclic) bond motifs is 5. The van der Waals surface area contributed by atoms with Gasteiger partial charge >= 0.3 is 5.97 Å². The van der Waals surface area contributed by atoms with E-state index in [2.05, 4.69) is 0 Å². The number of aliphatic hydroxyl groups excluding tert-OH is 1. The van der Waals surface area contributed by atoms with Crippen molar-refractivity contribution in [3.63, 3.8) is 0 Å². The summed E-state index contributed by atoms with van der Waals surface area (Å²) >= 11 is 0. The van der Waals surface area contributed by atoms with Gasteiger partial charge in [-0.2, -0.15) is 0 Å². The Hall–Kier alpha value is -2.05. The van der Waals surface area contributed by atoms with Crippen LogP contribution in [0.5, 0.6) is 0 Å². The monoisotopic (exact) mass is 414 g/mol. The molecule has 0 aromatic rings. The number of carbonyl (C=O) groups excluding carboxylic acids is 3. The Bertz CT molecular complexity index is 899. The first-order valence-corrected chi connectivity index (χ1v) is 10.7. The maximum Gasteiger partial charge on any atom is 0.303 e. The molecule has 0 heterocycles. The van der Waals surface area contributed by atoms with Gasteiger partial charge in [0.2, 0.25) is 5.78 Å². The van der Waals surface area contributed by atoms with Gasteiger partial charge in [-0.1, -0.05) is 39.0 Å². The summed E-state index contributed by atoms with van der Waals surface area (Å²) in [6, 6.07) is 0. The van der Waals surface area contributed by atoms with Crippen LogP contribution in [0.3, 0.4) is 0 Å². The molecule has 0 radical (unpaired) electrons. The highest BCUT2D eigenvalue weighted by atomic mass is 16.5. The van der Waals surface area contributed by atoms with Crippen LogP contribution in [0, 0.1) is 34.5 Å². The third-order valence-corrected chi connectivity index (χ3v) is 8.47. The summed E-state index contributed by atoms with van der Waals surface area (Å²) in [6.45, 7) is 6.55. The number of ketones is 2. The normalized spacial score (nSPS) is 46.5. The molecule has 162 valence electrons. The average Bonchev–Trinajstić information content (AvgIpc) is 2.87. The Morgan fingerprint density at radius 1 is 1.27 bits per heavy atom. The fourth-order valence-corrected chi connectivity index (χ4v) is 6.99. The second kappa shape index (κ2) is 6.72. The zero-order chi connectivity index (χ0) is 22.1. The van der Waals surface area contributed by atoms with Crippen molar-refractivity contribution in [3.05, 3.63) is 36.0 Å². The summed E-state index contributed by atoms with van der Waals surface area (Å²) in [6.07, 6.45) is 9.24. The number of allylic oxidation sites excluding steroid dienone is 6. The summed E-state index contributed by atoms with van der Waals surface area (Å²) in [5.74, 6) is -1.66. The molecule has 0 unspecified atom stereocenters. The summed E-state index contributed by atoms with van der Waals surface area (Å²) in [5.41, 5.74) is -2.10. The Kier molecular flexibility index (Phi) is 4.75. The SMILES string of the molecule is CC(=O)OCC(=O)[C@@]1(O)[C@@H](C)C[C@H]2[C@@H]3C=CC4=CC(=O)C=C[C@]4(C)[C@H]3[C@@H](O)C[C@@]21C. The lowest BCUT2D eigenvalue weighted by Crippen LogP contribution is -2.62. The molecule has 4 rings (SSSR count). The standard InChI is InChI=1S/C24H30O6/c1-13-9-18-17-6-5-15-10-16(26)7-8-22(15,3)21(17)19(27)11-23(18,4)24(13,29)20(28)12-30-14(2)25/h5-8,10,13,17-19,21,27,29H,9,11-12H2,1-4H3/t13-,17-,18-,19-,21+,22-,23-,24-/m0/s1. The van der Waals surface area contributed by atoms with Gasteiger partial charge < -0.3 is 14.9 Å². The number of ether oxygens (including phenoxy) is 1. The van der Waals surface area contributed by atoms with Gasteiger partial charge in [0, 0.05) is 23.7 Å². The number of carbonyl (C=O) groups is 3. The third kappa shape index (κ3) is 2.66. The number of Topliss-reactive ketones (excluding diaryl/α,β-unsaturated/α-hetero) is 1. The number of aliphatic hydroxyl groups is 2. The first kappa shape index (κ1) is 21.2. The van der Waals surface area contributed by atoms with Crippen LogP contribution in [-0.2, 0) is 19.1 Å². The lowest BCUT2D eigenvalue weighted by atomic mass is 9.47. The molecule has 0 bridgehead atoms. The molecule has 8 atom stereocenters. The average molecular weight is 414 g/mol. The lowest BCUT2D eigenvalue weighted by molar-refractivity contribution is -0.180. The van der Waals surface area contributed by atoms with Gasteiger partial charge in [-0.05, 0) is 48.3 Å². The third-order valence-electron chi connectivity index (χ3n) is 8.47. The van der Waals surface area contributed by atoms with Crippen molar-refractivity contribution < 1.29 is 29.3 Å². The van der Waals surface area contributed by atoms with E-state index in [4.69, 9.17) is 4.74 Å². The molecule has 0 spiro atoms. The van der Waals surface area contributed by atoms with E-state index in [0.29, 0.717) is 6.42 Å². The van der Waals surface area contributed by atoms with E-state index in [1.807, 2.05) is 39.0 Å². The van der Waals surface area contributed by atoms with Gasteiger partial charge in [0.05, 0.1) is 6.10 Å². The zero-order valence-electron chi connectivity index (χ0n) is 17.9. The van der Waals surface area contributed by atoms with Crippen LogP contribution in [0.2, 0.25) is 0 Å². The van der Waals surface area contributed by atoms with Crippen molar-refractivity contribution in [1.82, 2.24) is 0 Å². The van der Waals surface area contributed by atoms with Crippen molar-refractivity contribution in [3.8, 4) is 0 Å². The fourth-order valence-electron chi connectivity index (χ4n) is 6.99. The molecule has 0 saturated heterocycles. The zero-order valence-corrected chi connectivity index (χ0v) is 17.9. The maximum absolute atomic E-state index is 13.1. The van der Waals surface area contributed by atoms with Crippen molar-refractivity contribution in [1.29, 1.82) is 0 Å². The molecule has 2 saturated carbocycles. The Morgan fingerprint density at radius 2 is 1.97 bits per heavy atom. The van der Waals surface area contributed by atoms with Crippen LogP contribution < -0.4 is 0 Å². The van der Waals surface area contributed by atoms with Crippen molar-refractivity contribution in [2.45, 2.75) is 52.2 Å². The van der Waals surface area contributed by atoms with E-state index in [1.54, 1.807) is 12.2 Å². The Morgan fingerprint density at radius 3 is 2.63 bits per heavy atom. The second-order valence-electron chi connectivity index (χ2n) is 9.98. The van der Waals surface area contributed by atoms with Crippen LogP contribution in [0.4, 0.5) is 0 Å². The van der Waals surface area contributed by atoms with Crippen LogP contribution in [-0.4, -0.2) is 46.1 Å². The summed E-state index contributed by atoms with van der Waals surface area (Å²) in [4.78, 5) is 36.1. The molecule has 0 aliphatic heterocycles. The van der Waals surface area contributed by atoms with Gasteiger partial charge in [0.15, 0.2) is 12.4 Å². The highest BCUT2D eigenvalue weighted by Crippen LogP contribution is 2.67. The van der Waals surface area contributed by atoms with Crippen LogP contribution in [0.15, 0.2) is 36.0 Å². The van der Waals surface area contributed by atoms with Crippen molar-refractivity contribution >= 4 is 17.5 Å². The first-order chi connectivity index (χ1) is 13.9. The minimum Gasteiger partial charge on any atom is -0.458 e. The molecule has 6 heteroatoms. The topological polar surface area (TPSA) is 101 Å². The fraction of sp³-hybridized carbons (Fsp3) is 0.625. The second-order valence-corrected chi connectivity index (χ2v) is 9.98. The number of hydrogen-bond donors (Lipinski definition) is 2. The molecule has 0 amide bonds. The van der Waals surface area contributed by atoms with Gasteiger partial charge in [-0.15, -0.1) is 0 Å². The molecule has 2 fully saturated rings. The molecule has 0 aromatic heterocycles. The van der Waals surface area contributed by atoms with Crippen molar-refractivity contribution in [2.24, 2.45) is 34.5 Å². The number of esters is 1. The predicted octanol–water partition coefficient (Wildman–Crippen LogP) is 2.15. The molecular weight excluding hydrogens is 384 g/mol. The molecule has 4 aliphatic rings. The highest BCUT2D eigenvalue weighted by molar-refractivity contribution is 6.01. The lowest BCUT2D eigenvalue weighted by Gasteiger charge is -2.57. The van der Waals surface area contributed by atoms with E-state index in [-0.39, 0.29) is 35.9 Å². The summed E-state index contributed by atoms with van der Waals surface area (Å²) in [7, 11) is 0. The van der Waals surface area contributed by atoms with Gasteiger partial charge in [-0.25, -0.2) is 0 Å². The first-order valence-electron chi connectivity index (χ1n) is 10.7. The summed E-state index contributed by atoms with van der Waals surface area (Å²) < 4.78 is 4.91. The molecule has 0 aromatic carbocycles. The summed E-state index contributed by atoms with van der Waals surface area (Å²) in [5, 5.41) is 23.0. The maximum atomic E-state index is 13.1. The minimum atomic E-state index is -1.68. The Labute approximate surface area is 176 Å². The van der Waals surface area contributed by atoms with Crippen LogP contribution >= 0.6 is 0 Å². The van der Waals surface area contributed by atoms with E-state index in [0.717, 1.165) is 5.57 Å². The Balaban J connectivity index is 1.74. The van der Waals surface area contributed by atoms with Gasteiger partial charge in [-0.3, -0.25) is 14.4 Å². The quantitative estimate of drug-likeness (QED) is 0.687. The van der Waals surface area contributed by atoms with Crippen molar-refractivity contribution in [2.75, 3.05) is 6.61 Å². The van der Waals surface area contributed by atoms with E-state index in [1.165, 1.54) is 6.92 Å². The molecule has 2 N–H and O–H groups in total. The largest absolute Gasteiger partial charge is 0.458 e. The smallest absolute Gasteiger partial charge is 0.303 e. The van der Waals surface area contributed by atoms with E-state index >= 15 is 0 Å². The predicted molar refractivity (Wildman–Crippen MR) is 109 cm³/mol. The minimum absolute atomic E-state index is 0.0205. The van der Waals surface area contributed by atoms with Crippen LogP contribution in [0.25, 0.3) is 0 Å². The molecule has 4 aliphatic carbocycles.